The van der Waals surface area contributed by atoms with Gasteiger partial charge >= 0.3 is 0 Å². The lowest BCUT2D eigenvalue weighted by molar-refractivity contribution is 0.302. The first-order valence-electron chi connectivity index (χ1n) is 6.86. The van der Waals surface area contributed by atoms with E-state index in [-0.39, 0.29) is 6.04 Å². The number of likely N-dealkylation sites (N-methyl/N-ethyl adjacent to an activating group) is 1. The molecule has 1 atom stereocenters. The van der Waals surface area contributed by atoms with Gasteiger partial charge in [-0.2, -0.15) is 0 Å². The number of benzene rings is 2. The molecule has 0 heterocycles. The SMILES string of the molecule is CN(Cc1ccccc1Br)CC(N)Cc1ccccc1. The molecule has 0 saturated heterocycles. The van der Waals surface area contributed by atoms with Gasteiger partial charge < -0.3 is 10.6 Å². The zero-order chi connectivity index (χ0) is 14.4. The molecule has 0 spiro atoms. The Kier molecular flexibility index (Phi) is 5.77. The van der Waals surface area contributed by atoms with Crippen LogP contribution in [0.4, 0.5) is 0 Å². The van der Waals surface area contributed by atoms with E-state index in [2.05, 4.69) is 70.3 Å². The van der Waals surface area contributed by atoms with Crippen LogP contribution in [0.25, 0.3) is 0 Å². The predicted octanol–water partition coefficient (Wildman–Crippen LogP) is 3.45. The Hall–Kier alpha value is -1.16. The Bertz CT molecular complexity index is 528. The summed E-state index contributed by atoms with van der Waals surface area (Å²) >= 11 is 3.59. The second-order valence-electron chi connectivity index (χ2n) is 5.24. The summed E-state index contributed by atoms with van der Waals surface area (Å²) < 4.78 is 1.16. The molecule has 0 radical (unpaired) electrons. The van der Waals surface area contributed by atoms with Gasteiger partial charge in [0.2, 0.25) is 0 Å². The molecule has 0 aliphatic rings. The Morgan fingerprint density at radius 3 is 2.40 bits per heavy atom. The molecule has 0 bridgehead atoms. The lowest BCUT2D eigenvalue weighted by atomic mass is 10.1. The molecule has 0 aliphatic carbocycles. The molecule has 20 heavy (non-hydrogen) atoms. The summed E-state index contributed by atoms with van der Waals surface area (Å²) in [4.78, 5) is 2.27. The molecule has 0 saturated carbocycles. The van der Waals surface area contributed by atoms with Crippen LogP contribution in [-0.4, -0.2) is 24.5 Å². The molecule has 2 nitrogen and oxygen atoms in total. The highest BCUT2D eigenvalue weighted by Gasteiger charge is 2.09. The van der Waals surface area contributed by atoms with Gasteiger partial charge in [-0.25, -0.2) is 0 Å². The van der Waals surface area contributed by atoms with Crippen molar-refractivity contribution in [1.82, 2.24) is 4.90 Å². The molecule has 0 aliphatic heterocycles. The summed E-state index contributed by atoms with van der Waals surface area (Å²) in [5.74, 6) is 0. The van der Waals surface area contributed by atoms with Gasteiger partial charge in [-0.3, -0.25) is 0 Å². The first-order valence-corrected chi connectivity index (χ1v) is 7.66. The van der Waals surface area contributed by atoms with Crippen molar-refractivity contribution in [2.45, 2.75) is 19.0 Å². The number of rotatable bonds is 6. The largest absolute Gasteiger partial charge is 0.326 e. The molecule has 0 fully saturated rings. The van der Waals surface area contributed by atoms with Crippen molar-refractivity contribution >= 4 is 15.9 Å². The maximum atomic E-state index is 6.24. The van der Waals surface area contributed by atoms with Gasteiger partial charge in [-0.05, 0) is 30.7 Å². The number of halogens is 1. The van der Waals surface area contributed by atoms with Crippen LogP contribution < -0.4 is 5.73 Å². The molecular formula is C17H21BrN2. The number of hydrogen-bond acceptors (Lipinski definition) is 2. The van der Waals surface area contributed by atoms with Crippen LogP contribution in [0.15, 0.2) is 59.1 Å². The van der Waals surface area contributed by atoms with Crippen molar-refractivity contribution in [3.63, 3.8) is 0 Å². The van der Waals surface area contributed by atoms with Crippen LogP contribution in [0.3, 0.4) is 0 Å². The van der Waals surface area contributed by atoms with E-state index in [4.69, 9.17) is 5.73 Å². The second kappa shape index (κ2) is 7.58. The summed E-state index contributed by atoms with van der Waals surface area (Å²) in [7, 11) is 2.12. The van der Waals surface area contributed by atoms with Gasteiger partial charge in [0.05, 0.1) is 0 Å². The third kappa shape index (κ3) is 4.75. The van der Waals surface area contributed by atoms with Crippen LogP contribution in [0.5, 0.6) is 0 Å². The maximum Gasteiger partial charge on any atom is 0.0242 e. The molecule has 0 aromatic heterocycles. The Labute approximate surface area is 129 Å². The highest BCUT2D eigenvalue weighted by atomic mass is 79.9. The number of hydrogen-bond donors (Lipinski definition) is 1. The van der Waals surface area contributed by atoms with E-state index in [1.165, 1.54) is 11.1 Å². The average Bonchev–Trinajstić information content (AvgIpc) is 2.42. The number of nitrogens with zero attached hydrogens (tertiary/aromatic N) is 1. The Balaban J connectivity index is 1.85. The van der Waals surface area contributed by atoms with Crippen molar-refractivity contribution in [1.29, 1.82) is 0 Å². The van der Waals surface area contributed by atoms with Crippen LogP contribution in [-0.2, 0) is 13.0 Å². The van der Waals surface area contributed by atoms with E-state index in [1.807, 2.05) is 12.1 Å². The standard InChI is InChI=1S/C17H21BrN2/c1-20(12-15-9-5-6-10-17(15)18)13-16(19)11-14-7-3-2-4-8-14/h2-10,16H,11-13,19H2,1H3. The van der Waals surface area contributed by atoms with Crippen LogP contribution in [0, 0.1) is 0 Å². The van der Waals surface area contributed by atoms with Crippen molar-refractivity contribution in [2.75, 3.05) is 13.6 Å². The Morgan fingerprint density at radius 1 is 1.05 bits per heavy atom. The topological polar surface area (TPSA) is 29.3 Å². The zero-order valence-corrected chi connectivity index (χ0v) is 13.4. The minimum absolute atomic E-state index is 0.157. The zero-order valence-electron chi connectivity index (χ0n) is 11.8. The molecule has 106 valence electrons. The van der Waals surface area contributed by atoms with Gasteiger partial charge in [0.15, 0.2) is 0 Å². The van der Waals surface area contributed by atoms with Gasteiger partial charge in [0.25, 0.3) is 0 Å². The molecular weight excluding hydrogens is 312 g/mol. The molecule has 2 N–H and O–H groups in total. The van der Waals surface area contributed by atoms with E-state index < -0.39 is 0 Å². The summed E-state index contributed by atoms with van der Waals surface area (Å²) in [5.41, 5.74) is 8.84. The highest BCUT2D eigenvalue weighted by Crippen LogP contribution is 2.17. The van der Waals surface area contributed by atoms with Gasteiger partial charge in [0.1, 0.15) is 0 Å². The van der Waals surface area contributed by atoms with Gasteiger partial charge in [-0.15, -0.1) is 0 Å². The number of nitrogens with two attached hydrogens (primary N) is 1. The first kappa shape index (κ1) is 15.2. The summed E-state index contributed by atoms with van der Waals surface area (Å²) in [6.07, 6.45) is 0.918. The summed E-state index contributed by atoms with van der Waals surface area (Å²) in [5, 5.41) is 0. The molecule has 2 rings (SSSR count). The van der Waals surface area contributed by atoms with Crippen LogP contribution in [0.2, 0.25) is 0 Å². The lowest BCUT2D eigenvalue weighted by Crippen LogP contribution is -2.36. The smallest absolute Gasteiger partial charge is 0.0242 e. The third-order valence-electron chi connectivity index (χ3n) is 3.28. The fraction of sp³-hybridized carbons (Fsp3) is 0.294. The molecule has 0 amide bonds. The summed E-state index contributed by atoms with van der Waals surface area (Å²) in [6, 6.07) is 18.9. The van der Waals surface area contributed by atoms with E-state index in [1.54, 1.807) is 0 Å². The third-order valence-corrected chi connectivity index (χ3v) is 4.06. The molecule has 2 aromatic carbocycles. The minimum atomic E-state index is 0.157. The van der Waals surface area contributed by atoms with Crippen molar-refractivity contribution < 1.29 is 0 Å². The van der Waals surface area contributed by atoms with E-state index in [9.17, 15) is 0 Å². The lowest BCUT2D eigenvalue weighted by Gasteiger charge is -2.22. The molecule has 2 aromatic rings. The minimum Gasteiger partial charge on any atom is -0.326 e. The quantitative estimate of drug-likeness (QED) is 0.877. The van der Waals surface area contributed by atoms with Crippen LogP contribution in [0.1, 0.15) is 11.1 Å². The van der Waals surface area contributed by atoms with Crippen molar-refractivity contribution in [3.05, 3.63) is 70.2 Å². The first-order chi connectivity index (χ1) is 9.65. The highest BCUT2D eigenvalue weighted by molar-refractivity contribution is 9.10. The Morgan fingerprint density at radius 2 is 1.70 bits per heavy atom. The second-order valence-corrected chi connectivity index (χ2v) is 6.09. The fourth-order valence-electron chi connectivity index (χ4n) is 2.36. The van der Waals surface area contributed by atoms with E-state index >= 15 is 0 Å². The van der Waals surface area contributed by atoms with Gasteiger partial charge in [-0.1, -0.05) is 64.5 Å². The fourth-order valence-corrected chi connectivity index (χ4v) is 2.77. The van der Waals surface area contributed by atoms with Crippen molar-refractivity contribution in [3.8, 4) is 0 Å². The van der Waals surface area contributed by atoms with E-state index in [0.717, 1.165) is 24.0 Å². The van der Waals surface area contributed by atoms with Crippen LogP contribution >= 0.6 is 15.9 Å². The van der Waals surface area contributed by atoms with Gasteiger partial charge in [0, 0.05) is 23.6 Å². The van der Waals surface area contributed by atoms with Crippen molar-refractivity contribution in [2.24, 2.45) is 5.73 Å². The predicted molar refractivity (Wildman–Crippen MR) is 88.6 cm³/mol. The summed E-state index contributed by atoms with van der Waals surface area (Å²) in [6.45, 7) is 1.79. The molecule has 3 heteroatoms. The average molecular weight is 333 g/mol. The monoisotopic (exact) mass is 332 g/mol. The molecule has 1 unspecified atom stereocenters. The maximum absolute atomic E-state index is 6.24. The normalized spacial score (nSPS) is 12.6. The van der Waals surface area contributed by atoms with E-state index in [0.29, 0.717) is 0 Å².